The summed E-state index contributed by atoms with van der Waals surface area (Å²) in [6.07, 6.45) is -0.308. The van der Waals surface area contributed by atoms with Crippen molar-refractivity contribution in [3.8, 4) is 0 Å². The van der Waals surface area contributed by atoms with Crippen LogP contribution in [0.2, 0.25) is 0 Å². The van der Waals surface area contributed by atoms with Gasteiger partial charge in [0.1, 0.15) is 0 Å². The summed E-state index contributed by atoms with van der Waals surface area (Å²) >= 11 is 0. The number of benzene rings is 1. The summed E-state index contributed by atoms with van der Waals surface area (Å²) in [6.45, 7) is 5.28. The van der Waals surface area contributed by atoms with Crippen LogP contribution in [0.5, 0.6) is 0 Å². The average Bonchev–Trinajstić information content (AvgIpc) is 2.05. The summed E-state index contributed by atoms with van der Waals surface area (Å²) in [5.74, 6) is -0.321. The fourth-order valence-electron chi connectivity index (χ4n) is 0.825. The van der Waals surface area contributed by atoms with Crippen molar-refractivity contribution >= 4 is 5.97 Å². The van der Waals surface area contributed by atoms with Crippen LogP contribution >= 0.6 is 0 Å². The lowest BCUT2D eigenvalue weighted by Gasteiger charge is -2.06. The van der Waals surface area contributed by atoms with Crippen LogP contribution in [0, 0.1) is 6.92 Å². The Hall–Kier alpha value is -1.31. The standard InChI is InChI=1S/C10H11O2/c1-8(2)12-10(11)9-6-4-3-5-7-9/h3-8H,1H2,2H3/t8-/m0/s1. The Balaban J connectivity index is 2.66. The Bertz CT molecular complexity index is 252. The topological polar surface area (TPSA) is 26.3 Å². The van der Waals surface area contributed by atoms with Crippen LogP contribution in [0.4, 0.5) is 0 Å². The predicted octanol–water partition coefficient (Wildman–Crippen LogP) is 2.07. The first kappa shape index (κ1) is 8.78. The molecule has 1 atom stereocenters. The number of ether oxygens (including phenoxy) is 1. The van der Waals surface area contributed by atoms with E-state index < -0.39 is 0 Å². The molecule has 2 heteroatoms. The zero-order chi connectivity index (χ0) is 8.97. The number of esters is 1. The van der Waals surface area contributed by atoms with Crippen molar-refractivity contribution in [2.75, 3.05) is 0 Å². The molecule has 0 aliphatic heterocycles. The molecule has 0 heterocycles. The van der Waals surface area contributed by atoms with Gasteiger partial charge in [-0.2, -0.15) is 0 Å². The molecule has 12 heavy (non-hydrogen) atoms. The lowest BCUT2D eigenvalue weighted by atomic mass is 10.2. The Morgan fingerprint density at radius 1 is 1.42 bits per heavy atom. The SMILES string of the molecule is [CH2][C@@H](C)OC(=O)c1ccccc1. The molecule has 1 aromatic carbocycles. The molecule has 0 N–H and O–H groups in total. The third kappa shape index (κ3) is 2.38. The highest BCUT2D eigenvalue weighted by molar-refractivity contribution is 5.89. The van der Waals surface area contributed by atoms with Crippen LogP contribution in [0.25, 0.3) is 0 Å². The van der Waals surface area contributed by atoms with Crippen molar-refractivity contribution in [2.45, 2.75) is 13.0 Å². The number of hydrogen-bond acceptors (Lipinski definition) is 2. The van der Waals surface area contributed by atoms with E-state index in [-0.39, 0.29) is 12.1 Å². The molecular formula is C10H11O2. The summed E-state index contributed by atoms with van der Waals surface area (Å²) < 4.78 is 4.89. The lowest BCUT2D eigenvalue weighted by molar-refractivity contribution is 0.0420. The van der Waals surface area contributed by atoms with Crippen molar-refractivity contribution in [3.05, 3.63) is 42.8 Å². The first-order valence-electron chi connectivity index (χ1n) is 3.79. The van der Waals surface area contributed by atoms with Crippen LogP contribution < -0.4 is 0 Å². The van der Waals surface area contributed by atoms with Gasteiger partial charge in [-0.15, -0.1) is 0 Å². The Kier molecular flexibility index (Phi) is 2.86. The molecule has 0 saturated heterocycles. The molecule has 63 valence electrons. The van der Waals surface area contributed by atoms with E-state index in [4.69, 9.17) is 4.74 Å². The number of carbonyl (C=O) groups excluding carboxylic acids is 1. The summed E-state index contributed by atoms with van der Waals surface area (Å²) in [7, 11) is 0. The van der Waals surface area contributed by atoms with Gasteiger partial charge in [0.2, 0.25) is 0 Å². The van der Waals surface area contributed by atoms with Gasteiger partial charge in [0.05, 0.1) is 11.7 Å². The molecule has 0 aliphatic rings. The average molecular weight is 163 g/mol. The highest BCUT2D eigenvalue weighted by atomic mass is 16.5. The fourth-order valence-corrected chi connectivity index (χ4v) is 0.825. The maximum Gasteiger partial charge on any atom is 0.338 e. The first-order valence-corrected chi connectivity index (χ1v) is 3.79. The zero-order valence-corrected chi connectivity index (χ0v) is 6.99. The van der Waals surface area contributed by atoms with Gasteiger partial charge in [0, 0.05) is 0 Å². The molecule has 0 bridgehead atoms. The van der Waals surface area contributed by atoms with E-state index in [0.717, 1.165) is 0 Å². The van der Waals surface area contributed by atoms with Crippen LogP contribution in [0.3, 0.4) is 0 Å². The maximum absolute atomic E-state index is 11.2. The van der Waals surface area contributed by atoms with Gasteiger partial charge in [0.25, 0.3) is 0 Å². The number of carbonyl (C=O) groups is 1. The second-order valence-corrected chi connectivity index (χ2v) is 2.58. The Morgan fingerprint density at radius 3 is 2.50 bits per heavy atom. The summed E-state index contributed by atoms with van der Waals surface area (Å²) in [6, 6.07) is 8.87. The van der Waals surface area contributed by atoms with Gasteiger partial charge in [0.15, 0.2) is 0 Å². The molecule has 0 fully saturated rings. The summed E-state index contributed by atoms with van der Waals surface area (Å²) in [5.41, 5.74) is 0.563. The van der Waals surface area contributed by atoms with E-state index in [2.05, 4.69) is 6.92 Å². The predicted molar refractivity (Wildman–Crippen MR) is 46.7 cm³/mol. The van der Waals surface area contributed by atoms with E-state index in [1.165, 1.54) is 0 Å². The molecule has 0 aromatic heterocycles. The van der Waals surface area contributed by atoms with Gasteiger partial charge in [-0.1, -0.05) is 18.2 Å². The van der Waals surface area contributed by atoms with Crippen LogP contribution in [0.1, 0.15) is 17.3 Å². The molecule has 1 aromatic rings. The van der Waals surface area contributed by atoms with E-state index in [0.29, 0.717) is 5.56 Å². The third-order valence-corrected chi connectivity index (χ3v) is 1.32. The minimum Gasteiger partial charge on any atom is -0.459 e. The number of rotatable bonds is 2. The minimum atomic E-state index is -0.321. The normalized spacial score (nSPS) is 9.92. The summed E-state index contributed by atoms with van der Waals surface area (Å²) in [5, 5.41) is 0. The zero-order valence-electron chi connectivity index (χ0n) is 6.99. The fraction of sp³-hybridized carbons (Fsp3) is 0.200. The van der Waals surface area contributed by atoms with Crippen molar-refractivity contribution in [1.82, 2.24) is 0 Å². The Morgan fingerprint density at radius 2 is 2.00 bits per heavy atom. The monoisotopic (exact) mass is 163 g/mol. The lowest BCUT2D eigenvalue weighted by Crippen LogP contribution is -2.11. The van der Waals surface area contributed by atoms with E-state index in [1.54, 1.807) is 31.2 Å². The minimum absolute atomic E-state index is 0.308. The first-order chi connectivity index (χ1) is 5.70. The Labute approximate surface area is 72.2 Å². The van der Waals surface area contributed by atoms with Crippen LogP contribution in [-0.2, 0) is 4.74 Å². The highest BCUT2D eigenvalue weighted by Crippen LogP contribution is 2.02. The maximum atomic E-state index is 11.2. The molecule has 0 aliphatic carbocycles. The van der Waals surface area contributed by atoms with Crippen LogP contribution in [-0.4, -0.2) is 12.1 Å². The quantitative estimate of drug-likeness (QED) is 0.624. The van der Waals surface area contributed by atoms with Crippen molar-refractivity contribution in [1.29, 1.82) is 0 Å². The van der Waals surface area contributed by atoms with Gasteiger partial charge in [-0.05, 0) is 26.0 Å². The smallest absolute Gasteiger partial charge is 0.338 e. The third-order valence-electron chi connectivity index (χ3n) is 1.32. The van der Waals surface area contributed by atoms with Gasteiger partial charge >= 0.3 is 5.97 Å². The molecule has 2 nitrogen and oxygen atoms in total. The largest absolute Gasteiger partial charge is 0.459 e. The molecule has 1 radical (unpaired) electrons. The van der Waals surface area contributed by atoms with E-state index >= 15 is 0 Å². The van der Waals surface area contributed by atoms with Gasteiger partial charge in [-0.25, -0.2) is 4.79 Å². The van der Waals surface area contributed by atoms with E-state index in [9.17, 15) is 4.79 Å². The van der Waals surface area contributed by atoms with Crippen molar-refractivity contribution in [2.24, 2.45) is 0 Å². The molecule has 0 spiro atoms. The number of hydrogen-bond donors (Lipinski definition) is 0. The molecule has 0 amide bonds. The second kappa shape index (κ2) is 3.90. The molecular weight excluding hydrogens is 152 g/mol. The second-order valence-electron chi connectivity index (χ2n) is 2.58. The van der Waals surface area contributed by atoms with Gasteiger partial charge in [-0.3, -0.25) is 0 Å². The van der Waals surface area contributed by atoms with Gasteiger partial charge < -0.3 is 4.74 Å². The summed E-state index contributed by atoms with van der Waals surface area (Å²) in [4.78, 5) is 11.2. The van der Waals surface area contributed by atoms with Crippen LogP contribution in [0.15, 0.2) is 30.3 Å². The molecule has 0 saturated carbocycles. The highest BCUT2D eigenvalue weighted by Gasteiger charge is 2.06. The molecule has 1 rings (SSSR count). The van der Waals surface area contributed by atoms with Crippen molar-refractivity contribution in [3.63, 3.8) is 0 Å². The molecule has 0 unspecified atom stereocenters. The van der Waals surface area contributed by atoms with E-state index in [1.807, 2.05) is 6.07 Å². The van der Waals surface area contributed by atoms with Crippen molar-refractivity contribution < 1.29 is 9.53 Å².